The maximum absolute atomic E-state index is 11.8. The lowest BCUT2D eigenvalue weighted by atomic mass is 10.1. The fraction of sp³-hybridized carbons (Fsp3) is 0.200. The SMILES string of the molecule is [2H]C([13CH2]O)(NC(=O)c1cc([N+](=O)[O-])cc([N+](=O)[O-])c1)C(=O)O. The number of rotatable bonds is 6. The molecule has 0 heterocycles. The molecule has 0 bridgehead atoms. The average Bonchev–Trinajstić information content (AvgIpc) is 2.46. The van der Waals surface area contributed by atoms with Gasteiger partial charge in [0, 0.05) is 12.1 Å². The normalized spacial score (nSPS) is 13.7. The van der Waals surface area contributed by atoms with Crippen molar-refractivity contribution in [3.63, 3.8) is 0 Å². The molecule has 0 aliphatic carbocycles. The lowest BCUT2D eigenvalue weighted by molar-refractivity contribution is -0.394. The summed E-state index contributed by atoms with van der Waals surface area (Å²) in [6.45, 7) is -1.27. The van der Waals surface area contributed by atoms with Gasteiger partial charge in [-0.2, -0.15) is 0 Å². The highest BCUT2D eigenvalue weighted by Gasteiger charge is 2.23. The molecule has 0 saturated heterocycles. The van der Waals surface area contributed by atoms with Gasteiger partial charge in [0.05, 0.1) is 29.5 Å². The minimum absolute atomic E-state index is 0.591. The topological polar surface area (TPSA) is 173 Å². The molecular formula is C10H9N3O8. The van der Waals surface area contributed by atoms with E-state index in [1.807, 2.05) is 0 Å². The van der Waals surface area contributed by atoms with Crippen LogP contribution in [0, 0.1) is 20.2 Å². The van der Waals surface area contributed by atoms with Crippen molar-refractivity contribution < 1.29 is 31.0 Å². The number of carbonyl (C=O) groups excluding carboxylic acids is 1. The zero-order valence-corrected chi connectivity index (χ0v) is 10.2. The number of carboxylic acid groups (broad SMARTS) is 1. The Morgan fingerprint density at radius 1 is 1.24 bits per heavy atom. The van der Waals surface area contributed by atoms with Crippen LogP contribution in [0.5, 0.6) is 0 Å². The smallest absolute Gasteiger partial charge is 0.328 e. The van der Waals surface area contributed by atoms with Gasteiger partial charge >= 0.3 is 5.97 Å². The first-order chi connectivity index (χ1) is 10.1. The van der Waals surface area contributed by atoms with E-state index in [0.29, 0.717) is 18.2 Å². The van der Waals surface area contributed by atoms with Gasteiger partial charge in [0.15, 0.2) is 6.02 Å². The van der Waals surface area contributed by atoms with Crippen molar-refractivity contribution >= 4 is 23.3 Å². The molecule has 11 heteroatoms. The molecule has 0 aliphatic rings. The summed E-state index contributed by atoms with van der Waals surface area (Å²) in [5.74, 6) is -3.17. The van der Waals surface area contributed by atoms with E-state index in [1.54, 1.807) is 5.32 Å². The number of benzene rings is 1. The number of amides is 1. The molecule has 0 radical (unpaired) electrons. The number of aliphatic carboxylic acids is 1. The van der Waals surface area contributed by atoms with Gasteiger partial charge in [0.25, 0.3) is 17.3 Å². The number of nitro benzene ring substituents is 2. The first kappa shape index (κ1) is 14.3. The van der Waals surface area contributed by atoms with Crippen LogP contribution in [0.1, 0.15) is 11.7 Å². The van der Waals surface area contributed by atoms with Gasteiger partial charge in [0.1, 0.15) is 0 Å². The van der Waals surface area contributed by atoms with Crippen LogP contribution >= 0.6 is 0 Å². The molecule has 1 rings (SSSR count). The van der Waals surface area contributed by atoms with E-state index in [0.717, 1.165) is 0 Å². The third-order valence-corrected chi connectivity index (χ3v) is 2.27. The third kappa shape index (κ3) is 3.94. The number of carbonyl (C=O) groups is 2. The summed E-state index contributed by atoms with van der Waals surface area (Å²) in [5.41, 5.74) is -2.10. The van der Waals surface area contributed by atoms with Crippen molar-refractivity contribution in [3.05, 3.63) is 44.0 Å². The molecule has 0 spiro atoms. The second kappa shape index (κ2) is 6.38. The summed E-state index contributed by atoms with van der Waals surface area (Å²) in [4.78, 5) is 42.0. The maximum Gasteiger partial charge on any atom is 0.328 e. The Morgan fingerprint density at radius 3 is 2.05 bits per heavy atom. The molecule has 3 N–H and O–H groups in total. The Morgan fingerprint density at radius 2 is 1.71 bits per heavy atom. The van der Waals surface area contributed by atoms with Gasteiger partial charge < -0.3 is 15.5 Å². The number of nitrogens with one attached hydrogen (secondary N) is 1. The summed E-state index contributed by atoms with van der Waals surface area (Å²) in [7, 11) is 0. The van der Waals surface area contributed by atoms with Crippen LogP contribution in [0.3, 0.4) is 0 Å². The summed E-state index contributed by atoms with van der Waals surface area (Å²) >= 11 is 0. The standard InChI is InChI=1S/C10H9N3O8/c14-4-8(10(16)17)11-9(15)5-1-6(12(18)19)3-7(2-5)13(20)21/h1-3,8,14H,4H2,(H,11,15)(H,16,17)/i4+1,8D. The molecule has 1 amide bonds. The third-order valence-electron chi connectivity index (χ3n) is 2.27. The van der Waals surface area contributed by atoms with Crippen LogP contribution in [0.2, 0.25) is 0 Å². The van der Waals surface area contributed by atoms with Crippen LogP contribution in [-0.4, -0.2) is 44.6 Å². The van der Waals surface area contributed by atoms with Crippen molar-refractivity contribution in [2.45, 2.75) is 6.02 Å². The summed E-state index contributed by atoms with van der Waals surface area (Å²) in [6, 6.07) is -0.797. The van der Waals surface area contributed by atoms with E-state index < -0.39 is 51.3 Å². The van der Waals surface area contributed by atoms with Gasteiger partial charge in [-0.05, 0) is 0 Å². The van der Waals surface area contributed by atoms with E-state index in [9.17, 15) is 29.8 Å². The number of nitrogens with zero attached hydrogens (tertiary/aromatic N) is 2. The number of carboxylic acids is 1. The van der Waals surface area contributed by atoms with Gasteiger partial charge in [-0.1, -0.05) is 0 Å². The van der Waals surface area contributed by atoms with Crippen molar-refractivity contribution in [1.29, 1.82) is 0 Å². The van der Waals surface area contributed by atoms with Crippen LogP contribution < -0.4 is 5.32 Å². The molecule has 1 atom stereocenters. The van der Waals surface area contributed by atoms with Crippen LogP contribution in [0.4, 0.5) is 11.4 Å². The number of nitro groups is 2. The first-order valence-corrected chi connectivity index (χ1v) is 5.21. The summed E-state index contributed by atoms with van der Waals surface area (Å²) < 4.78 is 7.33. The van der Waals surface area contributed by atoms with Crippen molar-refractivity contribution in [2.24, 2.45) is 0 Å². The average molecular weight is 301 g/mol. The molecular weight excluding hydrogens is 291 g/mol. The minimum Gasteiger partial charge on any atom is -0.480 e. The maximum atomic E-state index is 11.8. The predicted octanol–water partition coefficient (Wildman–Crippen LogP) is -0.322. The fourth-order valence-corrected chi connectivity index (χ4v) is 1.31. The molecule has 1 unspecified atom stereocenters. The Balaban J connectivity index is 3.25. The highest BCUT2D eigenvalue weighted by atomic mass is 16.6. The van der Waals surface area contributed by atoms with E-state index in [-0.39, 0.29) is 0 Å². The van der Waals surface area contributed by atoms with E-state index in [1.165, 1.54) is 0 Å². The highest BCUT2D eigenvalue weighted by molar-refractivity contribution is 5.97. The molecule has 21 heavy (non-hydrogen) atoms. The Hall–Kier alpha value is -3.08. The molecule has 1 aromatic rings. The molecule has 0 aromatic heterocycles. The van der Waals surface area contributed by atoms with Crippen LogP contribution in [-0.2, 0) is 4.79 Å². The van der Waals surface area contributed by atoms with Crippen LogP contribution in [0.25, 0.3) is 0 Å². The van der Waals surface area contributed by atoms with E-state index in [4.69, 9.17) is 11.6 Å². The van der Waals surface area contributed by atoms with Crippen molar-refractivity contribution in [1.82, 2.24) is 5.32 Å². The lowest BCUT2D eigenvalue weighted by Gasteiger charge is -2.11. The predicted molar refractivity (Wildman–Crippen MR) is 65.7 cm³/mol. The number of hydrogen-bond donors (Lipinski definition) is 3. The Labute approximate surface area is 117 Å². The molecule has 1 aromatic carbocycles. The Bertz CT molecular complexity index is 631. The molecule has 11 nitrogen and oxygen atoms in total. The quantitative estimate of drug-likeness (QED) is 0.364. The number of hydrogen-bond acceptors (Lipinski definition) is 7. The fourth-order valence-electron chi connectivity index (χ4n) is 1.31. The van der Waals surface area contributed by atoms with E-state index in [2.05, 4.69) is 0 Å². The van der Waals surface area contributed by atoms with Gasteiger partial charge in [0.2, 0.25) is 0 Å². The summed E-state index contributed by atoms with van der Waals surface area (Å²) in [6.07, 6.45) is 0. The van der Waals surface area contributed by atoms with Gasteiger partial charge in [-0.25, -0.2) is 4.79 Å². The van der Waals surface area contributed by atoms with E-state index >= 15 is 0 Å². The molecule has 112 valence electrons. The van der Waals surface area contributed by atoms with Crippen LogP contribution in [0.15, 0.2) is 18.2 Å². The highest BCUT2D eigenvalue weighted by Crippen LogP contribution is 2.22. The summed E-state index contributed by atoms with van der Waals surface area (Å²) in [5, 5.41) is 40.6. The molecule has 0 fully saturated rings. The number of non-ortho nitro benzene ring substituents is 2. The Kier molecular flexibility index (Phi) is 4.36. The zero-order valence-electron chi connectivity index (χ0n) is 11.2. The largest absolute Gasteiger partial charge is 0.480 e. The number of aliphatic hydroxyl groups is 1. The minimum atomic E-state index is -2.78. The first-order valence-electron chi connectivity index (χ1n) is 5.71. The number of aliphatic hydroxyl groups excluding tert-OH is 1. The zero-order chi connectivity index (χ0) is 17.1. The van der Waals surface area contributed by atoms with Crippen molar-refractivity contribution in [2.75, 3.05) is 6.61 Å². The second-order valence-corrected chi connectivity index (χ2v) is 3.65. The molecule has 0 saturated carbocycles. The van der Waals surface area contributed by atoms with Gasteiger partial charge in [-0.3, -0.25) is 25.0 Å². The molecule has 0 aliphatic heterocycles. The second-order valence-electron chi connectivity index (χ2n) is 3.65. The van der Waals surface area contributed by atoms with Gasteiger partial charge in [-0.15, -0.1) is 0 Å². The van der Waals surface area contributed by atoms with Crippen molar-refractivity contribution in [3.8, 4) is 0 Å². The monoisotopic (exact) mass is 301 g/mol. The lowest BCUT2D eigenvalue weighted by Crippen LogP contribution is -2.43.